The maximum atomic E-state index is 6.25. The molecular formula is C15H26BrClOSi. The van der Waals surface area contributed by atoms with E-state index < -0.39 is 8.32 Å². The molecule has 1 nitrogen and oxygen atoms in total. The van der Waals surface area contributed by atoms with Crippen LogP contribution in [0.4, 0.5) is 0 Å². The molecule has 1 aliphatic rings. The van der Waals surface area contributed by atoms with E-state index in [1.165, 1.54) is 4.48 Å². The standard InChI is InChI=1S/C15H26BrClOSi/c1-15(2,3)19(4,5)18-10-6-7-12-11-13(16)8-9-14(12)17/h8-9,12H,6-7,10-11H2,1-5H3/t12-/m1/s1. The molecule has 4 heteroatoms. The van der Waals surface area contributed by atoms with Crippen LogP contribution in [-0.2, 0) is 4.43 Å². The molecule has 0 heterocycles. The SMILES string of the molecule is CC(C)(C)[Si](C)(C)OCCC[C@@H]1CC(Br)=CC=C1Cl. The largest absolute Gasteiger partial charge is 0.417 e. The monoisotopic (exact) mass is 364 g/mol. The normalized spacial score (nSPS) is 21.1. The molecular weight excluding hydrogens is 340 g/mol. The van der Waals surface area contributed by atoms with E-state index in [4.69, 9.17) is 16.0 Å². The Morgan fingerprint density at radius 1 is 1.37 bits per heavy atom. The lowest BCUT2D eigenvalue weighted by molar-refractivity contribution is 0.272. The van der Waals surface area contributed by atoms with Gasteiger partial charge in [-0.1, -0.05) is 54.4 Å². The Kier molecular flexibility index (Phi) is 6.37. The molecule has 1 aliphatic carbocycles. The van der Waals surface area contributed by atoms with E-state index in [1.54, 1.807) is 0 Å². The molecule has 0 aromatic heterocycles. The number of halogens is 2. The van der Waals surface area contributed by atoms with Crippen molar-refractivity contribution in [2.24, 2.45) is 5.92 Å². The zero-order valence-electron chi connectivity index (χ0n) is 12.7. The van der Waals surface area contributed by atoms with Crippen molar-refractivity contribution in [2.75, 3.05) is 6.61 Å². The van der Waals surface area contributed by atoms with Crippen molar-refractivity contribution >= 4 is 35.8 Å². The highest BCUT2D eigenvalue weighted by molar-refractivity contribution is 9.11. The number of hydrogen-bond acceptors (Lipinski definition) is 1. The van der Waals surface area contributed by atoms with Crippen LogP contribution < -0.4 is 0 Å². The highest BCUT2D eigenvalue weighted by Crippen LogP contribution is 2.37. The lowest BCUT2D eigenvalue weighted by atomic mass is 9.95. The summed E-state index contributed by atoms with van der Waals surface area (Å²) >= 11 is 9.81. The summed E-state index contributed by atoms with van der Waals surface area (Å²) in [5.74, 6) is 0.462. The van der Waals surface area contributed by atoms with E-state index in [-0.39, 0.29) is 0 Å². The molecule has 0 aliphatic heterocycles. The van der Waals surface area contributed by atoms with E-state index in [0.29, 0.717) is 11.0 Å². The Balaban J connectivity index is 2.33. The molecule has 0 bridgehead atoms. The van der Waals surface area contributed by atoms with Crippen molar-refractivity contribution < 1.29 is 4.43 Å². The molecule has 0 spiro atoms. The van der Waals surface area contributed by atoms with Crippen LogP contribution in [0, 0.1) is 5.92 Å². The van der Waals surface area contributed by atoms with Crippen molar-refractivity contribution in [3.05, 3.63) is 21.7 Å². The van der Waals surface area contributed by atoms with Crippen LogP contribution in [0.2, 0.25) is 18.1 Å². The van der Waals surface area contributed by atoms with Gasteiger partial charge in [-0.25, -0.2) is 0 Å². The van der Waals surface area contributed by atoms with E-state index in [0.717, 1.165) is 30.9 Å². The summed E-state index contributed by atoms with van der Waals surface area (Å²) in [5.41, 5.74) is 0. The van der Waals surface area contributed by atoms with E-state index in [1.807, 2.05) is 12.2 Å². The van der Waals surface area contributed by atoms with Gasteiger partial charge < -0.3 is 4.43 Å². The summed E-state index contributed by atoms with van der Waals surface area (Å²) in [6.45, 7) is 12.3. The van der Waals surface area contributed by atoms with Crippen molar-refractivity contribution in [2.45, 2.75) is 58.2 Å². The maximum Gasteiger partial charge on any atom is 0.191 e. The number of allylic oxidation sites excluding steroid dienone is 4. The minimum atomic E-state index is -1.59. The molecule has 0 saturated carbocycles. The molecule has 1 rings (SSSR count). The average Bonchev–Trinajstić information content (AvgIpc) is 2.27. The average molecular weight is 366 g/mol. The second-order valence-corrected chi connectivity index (χ2v) is 13.1. The Bertz CT molecular complexity index is 369. The predicted molar refractivity (Wildman–Crippen MR) is 91.4 cm³/mol. The molecule has 0 unspecified atom stereocenters. The third-order valence-electron chi connectivity index (χ3n) is 4.22. The Morgan fingerprint density at radius 2 is 2.00 bits per heavy atom. The van der Waals surface area contributed by atoms with Gasteiger partial charge in [0.15, 0.2) is 8.32 Å². The minimum absolute atomic E-state index is 0.293. The molecule has 0 amide bonds. The first-order chi connectivity index (χ1) is 8.63. The summed E-state index contributed by atoms with van der Waals surface area (Å²) in [4.78, 5) is 0. The van der Waals surface area contributed by atoms with Gasteiger partial charge in [-0.2, -0.15) is 0 Å². The third-order valence-corrected chi connectivity index (χ3v) is 9.78. The van der Waals surface area contributed by atoms with Crippen LogP contribution in [0.25, 0.3) is 0 Å². The van der Waals surface area contributed by atoms with Crippen molar-refractivity contribution in [3.63, 3.8) is 0 Å². The second-order valence-electron chi connectivity index (χ2n) is 6.82. The fourth-order valence-corrected chi connectivity index (χ4v) is 3.68. The highest BCUT2D eigenvalue weighted by atomic mass is 79.9. The molecule has 0 aromatic rings. The van der Waals surface area contributed by atoms with Gasteiger partial charge in [0.1, 0.15) is 0 Å². The van der Waals surface area contributed by atoms with Crippen LogP contribution in [-0.4, -0.2) is 14.9 Å². The molecule has 0 aromatic carbocycles. The lowest BCUT2D eigenvalue weighted by Crippen LogP contribution is -2.41. The van der Waals surface area contributed by atoms with Gasteiger partial charge in [0.25, 0.3) is 0 Å². The lowest BCUT2D eigenvalue weighted by Gasteiger charge is -2.36. The first-order valence-corrected chi connectivity index (χ1v) is 11.1. The molecule has 19 heavy (non-hydrogen) atoms. The van der Waals surface area contributed by atoms with E-state index in [9.17, 15) is 0 Å². The second kappa shape index (κ2) is 6.93. The zero-order valence-corrected chi connectivity index (χ0v) is 16.1. The van der Waals surface area contributed by atoms with Gasteiger partial charge >= 0.3 is 0 Å². The van der Waals surface area contributed by atoms with Crippen LogP contribution >= 0.6 is 27.5 Å². The van der Waals surface area contributed by atoms with Crippen LogP contribution in [0.15, 0.2) is 21.7 Å². The van der Waals surface area contributed by atoms with Gasteiger partial charge in [-0.05, 0) is 53.9 Å². The molecule has 1 atom stereocenters. The first kappa shape index (κ1) is 17.5. The summed E-state index contributed by atoms with van der Waals surface area (Å²) in [5, 5.41) is 1.27. The van der Waals surface area contributed by atoms with Crippen LogP contribution in [0.1, 0.15) is 40.0 Å². The zero-order chi connectivity index (χ0) is 14.7. The third kappa shape index (κ3) is 5.37. The van der Waals surface area contributed by atoms with Crippen molar-refractivity contribution in [1.29, 1.82) is 0 Å². The predicted octanol–water partition coefficient (Wildman–Crippen LogP) is 6.21. The van der Waals surface area contributed by atoms with Gasteiger partial charge in [-0.15, -0.1) is 0 Å². The maximum absolute atomic E-state index is 6.25. The molecule has 0 saturated heterocycles. The number of hydrogen-bond donors (Lipinski definition) is 0. The molecule has 110 valence electrons. The van der Waals surface area contributed by atoms with Gasteiger partial charge in [0, 0.05) is 11.6 Å². The first-order valence-electron chi connectivity index (χ1n) is 6.99. The Labute approximate surface area is 132 Å². The minimum Gasteiger partial charge on any atom is -0.417 e. The smallest absolute Gasteiger partial charge is 0.191 e. The van der Waals surface area contributed by atoms with E-state index in [2.05, 4.69) is 49.8 Å². The van der Waals surface area contributed by atoms with E-state index >= 15 is 0 Å². The van der Waals surface area contributed by atoms with Crippen molar-refractivity contribution in [3.8, 4) is 0 Å². The molecule has 0 radical (unpaired) electrons. The number of rotatable bonds is 5. The summed E-state index contributed by atoms with van der Waals surface area (Å²) in [6.07, 6.45) is 7.27. The fraction of sp³-hybridized carbons (Fsp3) is 0.733. The van der Waals surface area contributed by atoms with Crippen molar-refractivity contribution in [1.82, 2.24) is 0 Å². The fourth-order valence-electron chi connectivity index (χ4n) is 1.82. The quantitative estimate of drug-likeness (QED) is 0.415. The van der Waals surface area contributed by atoms with Crippen LogP contribution in [0.5, 0.6) is 0 Å². The van der Waals surface area contributed by atoms with Gasteiger partial charge in [0.2, 0.25) is 0 Å². The Morgan fingerprint density at radius 3 is 2.58 bits per heavy atom. The Hall–Kier alpha value is 0.427. The topological polar surface area (TPSA) is 9.23 Å². The molecule has 0 N–H and O–H groups in total. The summed E-state index contributed by atoms with van der Waals surface area (Å²) in [7, 11) is -1.59. The summed E-state index contributed by atoms with van der Waals surface area (Å²) in [6, 6.07) is 0. The highest BCUT2D eigenvalue weighted by Gasteiger charge is 2.36. The molecule has 0 fully saturated rings. The van der Waals surface area contributed by atoms with Crippen LogP contribution in [0.3, 0.4) is 0 Å². The summed E-state index contributed by atoms with van der Waals surface area (Å²) < 4.78 is 7.44. The van der Waals surface area contributed by atoms with Gasteiger partial charge in [-0.3, -0.25) is 0 Å². The van der Waals surface area contributed by atoms with Gasteiger partial charge in [0.05, 0.1) is 0 Å².